The van der Waals surface area contributed by atoms with Crippen LogP contribution in [0.3, 0.4) is 0 Å². The largest absolute Gasteiger partial charge is 0.378 e. The van der Waals surface area contributed by atoms with Crippen LogP contribution in [-0.4, -0.2) is 49.7 Å². The standard InChI is InChI=1S/C18H25ClN2O2.ClH/c19-16-5-3-14(4-6-16)7-9-21(12-15-1-2-15)18(22)11-17-13-23-10-8-20-17;/h3-6,15,17,20H,1-2,7-13H2;1H. The highest BCUT2D eigenvalue weighted by atomic mass is 35.5. The molecule has 2 aliphatic rings. The lowest BCUT2D eigenvalue weighted by atomic mass is 10.1. The molecule has 1 N–H and O–H groups in total. The van der Waals surface area contributed by atoms with Crippen molar-refractivity contribution in [1.29, 1.82) is 0 Å². The third kappa shape index (κ3) is 6.25. The van der Waals surface area contributed by atoms with E-state index in [1.165, 1.54) is 18.4 Å². The first kappa shape index (κ1) is 19.5. The number of benzene rings is 1. The van der Waals surface area contributed by atoms with E-state index in [2.05, 4.69) is 5.32 Å². The van der Waals surface area contributed by atoms with Crippen molar-refractivity contribution in [2.75, 3.05) is 32.8 Å². The topological polar surface area (TPSA) is 41.6 Å². The predicted molar refractivity (Wildman–Crippen MR) is 98.9 cm³/mol. The number of hydrogen-bond donors (Lipinski definition) is 1. The number of nitrogens with one attached hydrogen (secondary N) is 1. The third-order valence-electron chi connectivity index (χ3n) is 4.53. The van der Waals surface area contributed by atoms with Crippen LogP contribution in [0.15, 0.2) is 24.3 Å². The molecule has 2 fully saturated rings. The molecule has 6 heteroatoms. The van der Waals surface area contributed by atoms with Gasteiger partial charge in [0, 0.05) is 37.1 Å². The van der Waals surface area contributed by atoms with Crippen LogP contribution in [0.5, 0.6) is 0 Å². The fourth-order valence-electron chi connectivity index (χ4n) is 2.94. The van der Waals surface area contributed by atoms with Crippen molar-refractivity contribution in [3.63, 3.8) is 0 Å². The minimum Gasteiger partial charge on any atom is -0.378 e. The Morgan fingerprint density at radius 1 is 1.29 bits per heavy atom. The minimum absolute atomic E-state index is 0. The van der Waals surface area contributed by atoms with Crippen molar-refractivity contribution in [2.24, 2.45) is 5.92 Å². The van der Waals surface area contributed by atoms with Gasteiger partial charge in [0.15, 0.2) is 0 Å². The van der Waals surface area contributed by atoms with E-state index in [1.54, 1.807) is 0 Å². The molecule has 0 bridgehead atoms. The molecule has 1 saturated heterocycles. The Morgan fingerprint density at radius 3 is 2.67 bits per heavy atom. The summed E-state index contributed by atoms with van der Waals surface area (Å²) in [6.07, 6.45) is 3.93. The molecule has 134 valence electrons. The van der Waals surface area contributed by atoms with Crippen LogP contribution in [0, 0.1) is 5.92 Å². The molecule has 1 aliphatic carbocycles. The normalized spacial score (nSPS) is 20.3. The van der Waals surface area contributed by atoms with Gasteiger partial charge in [0.05, 0.1) is 13.2 Å². The summed E-state index contributed by atoms with van der Waals surface area (Å²) in [4.78, 5) is 14.7. The van der Waals surface area contributed by atoms with Crippen LogP contribution in [0.2, 0.25) is 5.02 Å². The first-order chi connectivity index (χ1) is 11.2. The first-order valence-corrected chi connectivity index (χ1v) is 8.92. The van der Waals surface area contributed by atoms with Crippen molar-refractivity contribution in [3.05, 3.63) is 34.9 Å². The molecule has 1 aromatic carbocycles. The second kappa shape index (κ2) is 9.62. The number of halogens is 2. The van der Waals surface area contributed by atoms with E-state index < -0.39 is 0 Å². The molecule has 1 aliphatic heterocycles. The maximum Gasteiger partial charge on any atom is 0.224 e. The number of nitrogens with zero attached hydrogens (tertiary/aromatic N) is 1. The maximum absolute atomic E-state index is 12.7. The predicted octanol–water partition coefficient (Wildman–Crippen LogP) is 2.92. The Hall–Kier alpha value is -0.810. The average molecular weight is 373 g/mol. The summed E-state index contributed by atoms with van der Waals surface area (Å²) in [6, 6.07) is 8.06. The van der Waals surface area contributed by atoms with Crippen LogP contribution >= 0.6 is 24.0 Å². The fourth-order valence-corrected chi connectivity index (χ4v) is 3.06. The molecular weight excluding hydrogens is 347 g/mol. The summed E-state index contributed by atoms with van der Waals surface area (Å²) in [5, 5.41) is 4.12. The molecule has 24 heavy (non-hydrogen) atoms. The van der Waals surface area contributed by atoms with Crippen molar-refractivity contribution in [3.8, 4) is 0 Å². The SMILES string of the molecule is Cl.O=C(CC1COCCN1)N(CCc1ccc(Cl)cc1)CC1CC1. The minimum atomic E-state index is 0. The van der Waals surface area contributed by atoms with Gasteiger partial charge < -0.3 is 15.0 Å². The van der Waals surface area contributed by atoms with E-state index in [-0.39, 0.29) is 24.4 Å². The smallest absolute Gasteiger partial charge is 0.224 e. The van der Waals surface area contributed by atoms with Crippen LogP contribution in [0.1, 0.15) is 24.8 Å². The molecule has 3 rings (SSSR count). The lowest BCUT2D eigenvalue weighted by molar-refractivity contribution is -0.132. The fraction of sp³-hybridized carbons (Fsp3) is 0.611. The molecule has 1 unspecified atom stereocenters. The van der Waals surface area contributed by atoms with E-state index in [0.717, 1.165) is 37.7 Å². The quantitative estimate of drug-likeness (QED) is 0.799. The van der Waals surface area contributed by atoms with Gasteiger partial charge >= 0.3 is 0 Å². The summed E-state index contributed by atoms with van der Waals surface area (Å²) in [5.41, 5.74) is 1.22. The highest BCUT2D eigenvalue weighted by molar-refractivity contribution is 6.30. The third-order valence-corrected chi connectivity index (χ3v) is 4.78. The summed E-state index contributed by atoms with van der Waals surface area (Å²) < 4.78 is 5.45. The van der Waals surface area contributed by atoms with Crippen molar-refractivity contribution in [1.82, 2.24) is 10.2 Å². The van der Waals surface area contributed by atoms with Crippen LogP contribution in [0.25, 0.3) is 0 Å². The first-order valence-electron chi connectivity index (χ1n) is 8.54. The Kier molecular flexibility index (Phi) is 7.82. The molecule has 1 aromatic rings. The Labute approximate surface area is 155 Å². The van der Waals surface area contributed by atoms with Gasteiger partial charge in [0.25, 0.3) is 0 Å². The second-order valence-corrected chi connectivity index (χ2v) is 7.03. The lowest BCUT2D eigenvalue weighted by Gasteiger charge is -2.28. The Morgan fingerprint density at radius 2 is 2.04 bits per heavy atom. The zero-order valence-corrected chi connectivity index (χ0v) is 15.5. The van der Waals surface area contributed by atoms with Gasteiger partial charge in [0.2, 0.25) is 5.91 Å². The van der Waals surface area contributed by atoms with Crippen molar-refractivity contribution in [2.45, 2.75) is 31.7 Å². The Balaban J connectivity index is 0.00000208. The molecule has 4 nitrogen and oxygen atoms in total. The number of ether oxygens (including phenoxy) is 1. The van der Waals surface area contributed by atoms with Gasteiger partial charge in [-0.05, 0) is 42.9 Å². The molecular formula is C18H26Cl2N2O2. The number of carbonyl (C=O) groups excluding carboxylic acids is 1. The highest BCUT2D eigenvalue weighted by Crippen LogP contribution is 2.30. The molecule has 0 aromatic heterocycles. The molecule has 1 saturated carbocycles. The lowest BCUT2D eigenvalue weighted by Crippen LogP contribution is -2.45. The van der Waals surface area contributed by atoms with Gasteiger partial charge in [-0.25, -0.2) is 0 Å². The zero-order chi connectivity index (χ0) is 16.1. The van der Waals surface area contributed by atoms with Crippen molar-refractivity contribution >= 4 is 29.9 Å². The van der Waals surface area contributed by atoms with Crippen LogP contribution in [-0.2, 0) is 16.0 Å². The molecule has 0 spiro atoms. The highest BCUT2D eigenvalue weighted by Gasteiger charge is 2.28. The molecule has 0 radical (unpaired) electrons. The van der Waals surface area contributed by atoms with E-state index in [1.807, 2.05) is 29.2 Å². The molecule has 1 atom stereocenters. The number of carbonyl (C=O) groups is 1. The van der Waals surface area contributed by atoms with Gasteiger partial charge in [-0.3, -0.25) is 4.79 Å². The maximum atomic E-state index is 12.7. The van der Waals surface area contributed by atoms with E-state index in [0.29, 0.717) is 18.9 Å². The van der Waals surface area contributed by atoms with Gasteiger partial charge in [-0.2, -0.15) is 0 Å². The Bertz CT molecular complexity index is 514. The number of rotatable bonds is 7. The van der Waals surface area contributed by atoms with E-state index >= 15 is 0 Å². The second-order valence-electron chi connectivity index (χ2n) is 6.59. The van der Waals surface area contributed by atoms with E-state index in [4.69, 9.17) is 16.3 Å². The molecule has 1 heterocycles. The van der Waals surface area contributed by atoms with E-state index in [9.17, 15) is 4.79 Å². The van der Waals surface area contributed by atoms with Crippen LogP contribution < -0.4 is 5.32 Å². The summed E-state index contributed by atoms with van der Waals surface area (Å²) >= 11 is 5.93. The monoisotopic (exact) mass is 372 g/mol. The summed E-state index contributed by atoms with van der Waals surface area (Å²) in [7, 11) is 0. The number of hydrogen-bond acceptors (Lipinski definition) is 3. The number of morpholine rings is 1. The van der Waals surface area contributed by atoms with Gasteiger partial charge in [0.1, 0.15) is 0 Å². The van der Waals surface area contributed by atoms with Gasteiger partial charge in [-0.15, -0.1) is 12.4 Å². The van der Waals surface area contributed by atoms with Crippen LogP contribution in [0.4, 0.5) is 0 Å². The van der Waals surface area contributed by atoms with Crippen molar-refractivity contribution < 1.29 is 9.53 Å². The number of amides is 1. The van der Waals surface area contributed by atoms with Gasteiger partial charge in [-0.1, -0.05) is 23.7 Å². The summed E-state index contributed by atoms with van der Waals surface area (Å²) in [6.45, 7) is 3.91. The average Bonchev–Trinajstić information content (AvgIpc) is 3.38. The summed E-state index contributed by atoms with van der Waals surface area (Å²) in [5.74, 6) is 0.952. The zero-order valence-electron chi connectivity index (χ0n) is 13.9. The molecule has 1 amide bonds.